The Morgan fingerprint density at radius 2 is 2.27 bits per heavy atom. The lowest BCUT2D eigenvalue weighted by Crippen LogP contribution is -2.15. The van der Waals surface area contributed by atoms with Gasteiger partial charge in [0, 0.05) is 18.3 Å². The van der Waals surface area contributed by atoms with Crippen LogP contribution in [0.2, 0.25) is 0 Å². The minimum absolute atomic E-state index is 0.203. The van der Waals surface area contributed by atoms with Crippen molar-refractivity contribution in [3.05, 3.63) is 23.4 Å². The maximum Gasteiger partial charge on any atom is 0.218 e. The van der Waals surface area contributed by atoms with E-state index in [-0.39, 0.29) is 6.10 Å². The molecule has 0 radical (unpaired) electrons. The summed E-state index contributed by atoms with van der Waals surface area (Å²) >= 11 is 0. The Morgan fingerprint density at radius 1 is 1.53 bits per heavy atom. The first kappa shape index (κ1) is 12.0. The van der Waals surface area contributed by atoms with E-state index in [1.165, 1.54) is 0 Å². The number of aromatic nitrogens is 1. The second kappa shape index (κ2) is 5.71. The zero-order chi connectivity index (χ0) is 11.3. The van der Waals surface area contributed by atoms with E-state index in [0.29, 0.717) is 12.4 Å². The SMILES string of the molecule is CCCC(C)Oc1nccc(C)c1CN. The van der Waals surface area contributed by atoms with Gasteiger partial charge < -0.3 is 10.5 Å². The van der Waals surface area contributed by atoms with Crippen LogP contribution >= 0.6 is 0 Å². The van der Waals surface area contributed by atoms with E-state index in [4.69, 9.17) is 10.5 Å². The molecule has 84 valence electrons. The van der Waals surface area contributed by atoms with Crippen molar-refractivity contribution in [2.24, 2.45) is 5.73 Å². The molecule has 0 aliphatic rings. The molecule has 0 aliphatic carbocycles. The highest BCUT2D eigenvalue weighted by molar-refractivity contribution is 5.33. The van der Waals surface area contributed by atoms with Gasteiger partial charge in [-0.3, -0.25) is 0 Å². The molecule has 3 heteroatoms. The molecule has 2 N–H and O–H groups in total. The maximum atomic E-state index is 5.77. The third kappa shape index (κ3) is 3.20. The number of ether oxygens (including phenoxy) is 1. The largest absolute Gasteiger partial charge is 0.474 e. The van der Waals surface area contributed by atoms with Crippen molar-refractivity contribution in [1.82, 2.24) is 4.98 Å². The van der Waals surface area contributed by atoms with Crippen LogP contribution in [0.3, 0.4) is 0 Å². The van der Waals surface area contributed by atoms with Gasteiger partial charge in [0.1, 0.15) is 0 Å². The van der Waals surface area contributed by atoms with Crippen LogP contribution in [0.25, 0.3) is 0 Å². The molecule has 1 aromatic heterocycles. The predicted octanol–water partition coefficient (Wildman–Crippen LogP) is 2.42. The number of hydrogen-bond acceptors (Lipinski definition) is 3. The molecule has 0 aromatic carbocycles. The molecule has 1 unspecified atom stereocenters. The van der Waals surface area contributed by atoms with Gasteiger partial charge in [0.05, 0.1) is 6.10 Å². The zero-order valence-electron chi connectivity index (χ0n) is 9.79. The number of rotatable bonds is 5. The summed E-state index contributed by atoms with van der Waals surface area (Å²) in [5.74, 6) is 0.693. The predicted molar refractivity (Wildman–Crippen MR) is 61.9 cm³/mol. The van der Waals surface area contributed by atoms with E-state index < -0.39 is 0 Å². The summed E-state index contributed by atoms with van der Waals surface area (Å²) in [5.41, 5.74) is 7.84. The van der Waals surface area contributed by atoms with Crippen LogP contribution in [0.5, 0.6) is 5.88 Å². The molecule has 0 spiro atoms. The molecule has 1 heterocycles. The summed E-state index contributed by atoms with van der Waals surface area (Å²) in [6.07, 6.45) is 4.13. The molecule has 0 fully saturated rings. The Balaban J connectivity index is 2.80. The molecule has 15 heavy (non-hydrogen) atoms. The second-order valence-corrected chi connectivity index (χ2v) is 3.83. The Kier molecular flexibility index (Phi) is 4.56. The van der Waals surface area contributed by atoms with Gasteiger partial charge in [0.15, 0.2) is 0 Å². The fourth-order valence-corrected chi connectivity index (χ4v) is 1.57. The third-order valence-electron chi connectivity index (χ3n) is 2.46. The molecule has 1 atom stereocenters. The molecule has 1 rings (SSSR count). The smallest absolute Gasteiger partial charge is 0.218 e. The highest BCUT2D eigenvalue weighted by Gasteiger charge is 2.09. The molecular weight excluding hydrogens is 188 g/mol. The fourth-order valence-electron chi connectivity index (χ4n) is 1.57. The zero-order valence-corrected chi connectivity index (χ0v) is 9.79. The van der Waals surface area contributed by atoms with Gasteiger partial charge in [-0.2, -0.15) is 0 Å². The summed E-state index contributed by atoms with van der Waals surface area (Å²) in [6.45, 7) is 6.72. The molecule has 1 aromatic rings. The van der Waals surface area contributed by atoms with Gasteiger partial charge in [-0.1, -0.05) is 13.3 Å². The van der Waals surface area contributed by atoms with Gasteiger partial charge in [-0.15, -0.1) is 0 Å². The van der Waals surface area contributed by atoms with Gasteiger partial charge in [-0.25, -0.2) is 4.98 Å². The number of aryl methyl sites for hydroxylation is 1. The fraction of sp³-hybridized carbons (Fsp3) is 0.583. The van der Waals surface area contributed by atoms with Crippen molar-refractivity contribution >= 4 is 0 Å². The number of nitrogens with two attached hydrogens (primary N) is 1. The van der Waals surface area contributed by atoms with E-state index in [9.17, 15) is 0 Å². The van der Waals surface area contributed by atoms with Crippen molar-refractivity contribution in [1.29, 1.82) is 0 Å². The van der Waals surface area contributed by atoms with Crippen LogP contribution < -0.4 is 10.5 Å². The van der Waals surface area contributed by atoms with Crippen molar-refractivity contribution in [3.63, 3.8) is 0 Å². The normalized spacial score (nSPS) is 12.5. The standard InChI is InChI=1S/C12H20N2O/c1-4-5-10(3)15-12-11(8-13)9(2)6-7-14-12/h6-7,10H,4-5,8,13H2,1-3H3. The monoisotopic (exact) mass is 208 g/mol. The van der Waals surface area contributed by atoms with Crippen LogP contribution in [0.4, 0.5) is 0 Å². The molecule has 0 amide bonds. The Hall–Kier alpha value is -1.09. The van der Waals surface area contributed by atoms with Gasteiger partial charge in [-0.05, 0) is 31.9 Å². The van der Waals surface area contributed by atoms with Crippen molar-refractivity contribution < 1.29 is 4.74 Å². The minimum atomic E-state index is 0.203. The first-order valence-corrected chi connectivity index (χ1v) is 5.50. The van der Waals surface area contributed by atoms with Crippen molar-refractivity contribution in [2.45, 2.75) is 46.3 Å². The summed E-state index contributed by atoms with van der Waals surface area (Å²) in [5, 5.41) is 0. The van der Waals surface area contributed by atoms with Crippen LogP contribution in [0.1, 0.15) is 37.8 Å². The second-order valence-electron chi connectivity index (χ2n) is 3.83. The highest BCUT2D eigenvalue weighted by atomic mass is 16.5. The average Bonchev–Trinajstić information content (AvgIpc) is 2.18. The topological polar surface area (TPSA) is 48.1 Å². The highest BCUT2D eigenvalue weighted by Crippen LogP contribution is 2.20. The maximum absolute atomic E-state index is 5.77. The third-order valence-corrected chi connectivity index (χ3v) is 2.46. The number of pyridine rings is 1. The number of hydrogen-bond donors (Lipinski definition) is 1. The minimum Gasteiger partial charge on any atom is -0.474 e. The first-order valence-electron chi connectivity index (χ1n) is 5.50. The molecule has 0 aliphatic heterocycles. The lowest BCUT2D eigenvalue weighted by atomic mass is 10.1. The summed E-state index contributed by atoms with van der Waals surface area (Å²) in [4.78, 5) is 4.23. The summed E-state index contributed by atoms with van der Waals surface area (Å²) in [6, 6.07) is 1.96. The van der Waals surface area contributed by atoms with Crippen molar-refractivity contribution in [3.8, 4) is 5.88 Å². The van der Waals surface area contributed by atoms with E-state index in [1.54, 1.807) is 6.20 Å². The van der Waals surface area contributed by atoms with Crippen LogP contribution in [-0.4, -0.2) is 11.1 Å². The van der Waals surface area contributed by atoms with Gasteiger partial charge in [0.25, 0.3) is 0 Å². The van der Waals surface area contributed by atoms with E-state index in [0.717, 1.165) is 24.0 Å². The number of nitrogens with zero attached hydrogens (tertiary/aromatic N) is 1. The van der Waals surface area contributed by atoms with E-state index in [1.807, 2.05) is 13.0 Å². The first-order chi connectivity index (χ1) is 7.19. The van der Waals surface area contributed by atoms with Crippen LogP contribution in [-0.2, 0) is 6.54 Å². The lowest BCUT2D eigenvalue weighted by Gasteiger charge is -2.16. The Bertz CT molecular complexity index is 312. The summed E-state index contributed by atoms with van der Waals surface area (Å²) < 4.78 is 5.77. The quantitative estimate of drug-likeness (QED) is 0.808. The molecule has 0 saturated carbocycles. The Labute approximate surface area is 91.7 Å². The summed E-state index contributed by atoms with van der Waals surface area (Å²) in [7, 11) is 0. The van der Waals surface area contributed by atoms with Gasteiger partial charge >= 0.3 is 0 Å². The van der Waals surface area contributed by atoms with Crippen molar-refractivity contribution in [2.75, 3.05) is 0 Å². The molecule has 0 bridgehead atoms. The van der Waals surface area contributed by atoms with Crippen LogP contribution in [0.15, 0.2) is 12.3 Å². The molecular formula is C12H20N2O. The van der Waals surface area contributed by atoms with Crippen LogP contribution in [0, 0.1) is 6.92 Å². The lowest BCUT2D eigenvalue weighted by molar-refractivity contribution is 0.199. The van der Waals surface area contributed by atoms with Gasteiger partial charge in [0.2, 0.25) is 5.88 Å². The van der Waals surface area contributed by atoms with E-state index >= 15 is 0 Å². The average molecular weight is 208 g/mol. The Morgan fingerprint density at radius 3 is 2.87 bits per heavy atom. The van der Waals surface area contributed by atoms with E-state index in [2.05, 4.69) is 18.8 Å². The molecule has 3 nitrogen and oxygen atoms in total. The molecule has 0 saturated heterocycles.